The van der Waals surface area contributed by atoms with E-state index in [1.807, 2.05) is 27.7 Å². The Morgan fingerprint density at radius 1 is 1.17 bits per heavy atom. The minimum atomic E-state index is -0.412. The molecule has 1 aliphatic rings. The summed E-state index contributed by atoms with van der Waals surface area (Å²) >= 11 is 0. The highest BCUT2D eigenvalue weighted by atomic mass is 16.6. The summed E-state index contributed by atoms with van der Waals surface area (Å²) < 4.78 is 5.44. The van der Waals surface area contributed by atoms with Crippen LogP contribution >= 0.6 is 0 Å². The van der Waals surface area contributed by atoms with E-state index in [2.05, 4.69) is 0 Å². The van der Waals surface area contributed by atoms with Crippen LogP contribution in [0.3, 0.4) is 0 Å². The lowest BCUT2D eigenvalue weighted by atomic mass is 10.3. The molecule has 0 aromatic heterocycles. The molecule has 102 valence electrons. The van der Waals surface area contributed by atoms with Crippen molar-refractivity contribution >= 4 is 5.69 Å². The first-order valence-corrected chi connectivity index (χ1v) is 6.63. The van der Waals surface area contributed by atoms with Crippen LogP contribution in [0, 0.1) is 16.0 Å². The van der Waals surface area contributed by atoms with E-state index in [-0.39, 0.29) is 5.69 Å². The molecule has 0 heterocycles. The average molecular weight is 253 g/mol. The van der Waals surface area contributed by atoms with Gasteiger partial charge in [-0.3, -0.25) is 10.1 Å². The van der Waals surface area contributed by atoms with Crippen molar-refractivity contribution in [3.05, 3.63) is 34.4 Å². The maximum atomic E-state index is 10.4. The first-order chi connectivity index (χ1) is 8.75. The number of hydrogen-bond acceptors (Lipinski definition) is 3. The van der Waals surface area contributed by atoms with Gasteiger partial charge in [0.2, 0.25) is 0 Å². The standard InChI is InChI=1S/C10H11NO3.2C2H6/c12-11(13)9-3-5-10(6-4-9)14-7-8-1-2-8;2*1-2/h3-6,8H,1-2,7H2;2*1-2H3. The molecule has 1 fully saturated rings. The molecule has 1 aromatic rings. The highest BCUT2D eigenvalue weighted by molar-refractivity contribution is 5.35. The Morgan fingerprint density at radius 2 is 1.67 bits per heavy atom. The van der Waals surface area contributed by atoms with E-state index in [0.717, 1.165) is 6.61 Å². The number of nitro benzene ring substituents is 1. The number of nitro groups is 1. The molecular formula is C14H23NO3. The molecule has 0 saturated heterocycles. The minimum Gasteiger partial charge on any atom is -0.493 e. The van der Waals surface area contributed by atoms with Gasteiger partial charge >= 0.3 is 0 Å². The molecule has 0 aliphatic heterocycles. The molecule has 0 N–H and O–H groups in total. The Balaban J connectivity index is 0.000000659. The maximum Gasteiger partial charge on any atom is 0.269 e. The number of ether oxygens (including phenoxy) is 1. The summed E-state index contributed by atoms with van der Waals surface area (Å²) in [5.41, 5.74) is 0.101. The van der Waals surface area contributed by atoms with Crippen LogP contribution in [-0.4, -0.2) is 11.5 Å². The van der Waals surface area contributed by atoms with E-state index in [1.165, 1.54) is 25.0 Å². The Hall–Kier alpha value is -1.58. The van der Waals surface area contributed by atoms with Gasteiger partial charge in [-0.25, -0.2) is 0 Å². The van der Waals surface area contributed by atoms with E-state index in [9.17, 15) is 10.1 Å². The molecule has 1 aliphatic carbocycles. The monoisotopic (exact) mass is 253 g/mol. The average Bonchev–Trinajstić information content (AvgIpc) is 3.25. The van der Waals surface area contributed by atoms with Crippen molar-refractivity contribution in [1.82, 2.24) is 0 Å². The van der Waals surface area contributed by atoms with Crippen molar-refractivity contribution in [3.8, 4) is 5.75 Å². The van der Waals surface area contributed by atoms with Crippen molar-refractivity contribution in [1.29, 1.82) is 0 Å². The number of nitrogens with zero attached hydrogens (tertiary/aromatic N) is 1. The van der Waals surface area contributed by atoms with Crippen molar-refractivity contribution in [2.75, 3.05) is 6.61 Å². The van der Waals surface area contributed by atoms with Gasteiger partial charge in [-0.1, -0.05) is 27.7 Å². The largest absolute Gasteiger partial charge is 0.493 e. The molecule has 4 nitrogen and oxygen atoms in total. The van der Waals surface area contributed by atoms with Gasteiger partial charge in [0.1, 0.15) is 5.75 Å². The summed E-state index contributed by atoms with van der Waals surface area (Å²) in [5, 5.41) is 10.4. The smallest absolute Gasteiger partial charge is 0.269 e. The van der Waals surface area contributed by atoms with E-state index in [4.69, 9.17) is 4.74 Å². The lowest BCUT2D eigenvalue weighted by molar-refractivity contribution is -0.384. The first-order valence-electron chi connectivity index (χ1n) is 6.63. The molecular weight excluding hydrogens is 230 g/mol. The molecule has 18 heavy (non-hydrogen) atoms. The van der Waals surface area contributed by atoms with Crippen LogP contribution in [0.1, 0.15) is 40.5 Å². The van der Waals surface area contributed by atoms with Gasteiger partial charge < -0.3 is 4.74 Å². The highest BCUT2D eigenvalue weighted by Crippen LogP contribution is 2.29. The lowest BCUT2D eigenvalue weighted by Crippen LogP contribution is -1.98. The zero-order chi connectivity index (χ0) is 14.0. The van der Waals surface area contributed by atoms with Gasteiger partial charge in [0.25, 0.3) is 5.69 Å². The maximum absolute atomic E-state index is 10.4. The molecule has 0 atom stereocenters. The Morgan fingerprint density at radius 3 is 2.06 bits per heavy atom. The van der Waals surface area contributed by atoms with Gasteiger partial charge in [0.15, 0.2) is 0 Å². The van der Waals surface area contributed by atoms with Crippen molar-refractivity contribution in [2.45, 2.75) is 40.5 Å². The number of hydrogen-bond donors (Lipinski definition) is 0. The third-order valence-electron chi connectivity index (χ3n) is 2.23. The van der Waals surface area contributed by atoms with Crippen LogP contribution in [0.25, 0.3) is 0 Å². The van der Waals surface area contributed by atoms with Crippen LogP contribution < -0.4 is 4.74 Å². The summed E-state index contributed by atoms with van der Waals surface area (Å²) in [6.45, 7) is 8.73. The zero-order valence-electron chi connectivity index (χ0n) is 11.7. The predicted molar refractivity (Wildman–Crippen MR) is 74.0 cm³/mol. The normalized spacial score (nSPS) is 12.4. The molecule has 1 aromatic carbocycles. The zero-order valence-corrected chi connectivity index (χ0v) is 11.7. The Labute approximate surface area is 109 Å². The number of rotatable bonds is 4. The van der Waals surface area contributed by atoms with Crippen molar-refractivity contribution in [3.63, 3.8) is 0 Å². The van der Waals surface area contributed by atoms with Gasteiger partial charge in [0.05, 0.1) is 11.5 Å². The number of non-ortho nitro benzene ring substituents is 1. The topological polar surface area (TPSA) is 52.4 Å². The van der Waals surface area contributed by atoms with E-state index < -0.39 is 4.92 Å². The van der Waals surface area contributed by atoms with Crippen LogP contribution in [0.2, 0.25) is 0 Å². The van der Waals surface area contributed by atoms with Gasteiger partial charge in [-0.05, 0) is 30.9 Å². The molecule has 0 bridgehead atoms. The van der Waals surface area contributed by atoms with E-state index in [1.54, 1.807) is 12.1 Å². The molecule has 0 amide bonds. The molecule has 4 heteroatoms. The SMILES string of the molecule is CC.CC.O=[N+]([O-])c1ccc(OCC2CC2)cc1. The third kappa shape index (κ3) is 6.23. The second-order valence-corrected chi connectivity index (χ2v) is 3.51. The van der Waals surface area contributed by atoms with E-state index in [0.29, 0.717) is 11.7 Å². The van der Waals surface area contributed by atoms with Gasteiger partial charge in [-0.15, -0.1) is 0 Å². The van der Waals surface area contributed by atoms with Crippen molar-refractivity contribution in [2.24, 2.45) is 5.92 Å². The molecule has 0 radical (unpaired) electrons. The van der Waals surface area contributed by atoms with E-state index >= 15 is 0 Å². The molecule has 0 unspecified atom stereocenters. The van der Waals surface area contributed by atoms with Gasteiger partial charge in [0, 0.05) is 12.1 Å². The van der Waals surface area contributed by atoms with Gasteiger partial charge in [-0.2, -0.15) is 0 Å². The number of benzene rings is 1. The Bertz CT molecular complexity index is 331. The molecule has 1 saturated carbocycles. The minimum absolute atomic E-state index is 0.101. The quantitative estimate of drug-likeness (QED) is 0.589. The summed E-state index contributed by atoms with van der Waals surface area (Å²) in [6, 6.07) is 6.20. The lowest BCUT2D eigenvalue weighted by Gasteiger charge is -2.03. The fourth-order valence-corrected chi connectivity index (χ4v) is 1.16. The summed E-state index contributed by atoms with van der Waals surface area (Å²) in [5.74, 6) is 1.41. The van der Waals surface area contributed by atoms with Crippen molar-refractivity contribution < 1.29 is 9.66 Å². The van der Waals surface area contributed by atoms with Crippen LogP contribution in [0.4, 0.5) is 5.69 Å². The highest BCUT2D eigenvalue weighted by Gasteiger charge is 2.21. The van der Waals surface area contributed by atoms with Crippen LogP contribution in [0.5, 0.6) is 5.75 Å². The fourth-order valence-electron chi connectivity index (χ4n) is 1.16. The second-order valence-electron chi connectivity index (χ2n) is 3.51. The Kier molecular flexibility index (Phi) is 8.62. The summed E-state index contributed by atoms with van der Waals surface area (Å²) in [7, 11) is 0. The summed E-state index contributed by atoms with van der Waals surface area (Å²) in [6.07, 6.45) is 2.49. The predicted octanol–water partition coefficient (Wildman–Crippen LogP) is 4.44. The molecule has 2 rings (SSSR count). The van der Waals surface area contributed by atoms with Crippen LogP contribution in [0.15, 0.2) is 24.3 Å². The second kappa shape index (κ2) is 9.45. The third-order valence-corrected chi connectivity index (χ3v) is 2.23. The first kappa shape index (κ1) is 16.4. The molecule has 0 spiro atoms. The van der Waals surface area contributed by atoms with Crippen LogP contribution in [-0.2, 0) is 0 Å². The fraction of sp³-hybridized carbons (Fsp3) is 0.571. The summed E-state index contributed by atoms with van der Waals surface area (Å²) in [4.78, 5) is 9.94.